The summed E-state index contributed by atoms with van der Waals surface area (Å²) in [7, 11) is 0. The van der Waals surface area contributed by atoms with Gasteiger partial charge in [-0.25, -0.2) is 4.39 Å². The molecule has 7 heteroatoms. The standard InChI is InChI=1S/C20H18BrFN4O/c21-16-7-4-3-6-14(16)20(27)23-13-9-10-17(22)15(12-13)19-25-24-18-8-2-1-5-11-26(18)19/h3-4,6-7,9-10,12H,1-2,5,8,11H2,(H,23,27). The van der Waals surface area contributed by atoms with Crippen LogP contribution in [0.1, 0.15) is 35.4 Å². The van der Waals surface area contributed by atoms with Crippen molar-refractivity contribution in [2.45, 2.75) is 32.2 Å². The number of carbonyl (C=O) groups is 1. The summed E-state index contributed by atoms with van der Waals surface area (Å²) in [5.41, 5.74) is 1.37. The van der Waals surface area contributed by atoms with E-state index in [1.54, 1.807) is 30.3 Å². The van der Waals surface area contributed by atoms with Gasteiger partial charge >= 0.3 is 0 Å². The van der Waals surface area contributed by atoms with Crippen LogP contribution in [-0.2, 0) is 13.0 Å². The molecule has 0 aliphatic carbocycles. The van der Waals surface area contributed by atoms with E-state index < -0.39 is 0 Å². The lowest BCUT2D eigenvalue weighted by molar-refractivity contribution is 0.102. The van der Waals surface area contributed by atoms with Crippen LogP contribution in [-0.4, -0.2) is 20.7 Å². The molecule has 0 radical (unpaired) electrons. The van der Waals surface area contributed by atoms with E-state index in [-0.39, 0.29) is 11.7 Å². The SMILES string of the molecule is O=C(Nc1ccc(F)c(-c2nnc3n2CCCCC3)c1)c1ccccc1Br. The Morgan fingerprint density at radius 3 is 2.81 bits per heavy atom. The molecular weight excluding hydrogens is 411 g/mol. The largest absolute Gasteiger partial charge is 0.322 e. The van der Waals surface area contributed by atoms with Crippen LogP contribution in [0.3, 0.4) is 0 Å². The minimum atomic E-state index is -0.381. The Balaban J connectivity index is 1.66. The number of anilines is 1. The molecule has 4 rings (SSSR count). The van der Waals surface area contributed by atoms with Gasteiger partial charge in [-0.05, 0) is 59.1 Å². The van der Waals surface area contributed by atoms with Crippen molar-refractivity contribution in [2.75, 3.05) is 5.32 Å². The number of hydrogen-bond acceptors (Lipinski definition) is 3. The van der Waals surface area contributed by atoms with E-state index >= 15 is 0 Å². The monoisotopic (exact) mass is 428 g/mol. The van der Waals surface area contributed by atoms with E-state index in [4.69, 9.17) is 0 Å². The molecule has 0 unspecified atom stereocenters. The summed E-state index contributed by atoms with van der Waals surface area (Å²) in [5, 5.41) is 11.3. The number of rotatable bonds is 3. The summed E-state index contributed by atoms with van der Waals surface area (Å²) in [5.74, 6) is 0.763. The molecule has 0 spiro atoms. The van der Waals surface area contributed by atoms with Gasteiger partial charge < -0.3 is 9.88 Å². The van der Waals surface area contributed by atoms with Crippen molar-refractivity contribution in [1.29, 1.82) is 0 Å². The molecule has 0 saturated carbocycles. The van der Waals surface area contributed by atoms with Gasteiger partial charge in [-0.1, -0.05) is 18.6 Å². The fourth-order valence-corrected chi connectivity index (χ4v) is 3.77. The summed E-state index contributed by atoms with van der Waals surface area (Å²) >= 11 is 3.37. The zero-order valence-corrected chi connectivity index (χ0v) is 16.2. The lowest BCUT2D eigenvalue weighted by Gasteiger charge is -2.11. The molecule has 0 saturated heterocycles. The molecule has 5 nitrogen and oxygen atoms in total. The summed E-state index contributed by atoms with van der Waals surface area (Å²) < 4.78 is 17.2. The molecule has 0 fully saturated rings. The number of nitrogens with one attached hydrogen (secondary N) is 1. The summed E-state index contributed by atoms with van der Waals surface area (Å²) in [6, 6.07) is 11.7. The number of halogens is 2. The number of aromatic nitrogens is 3. The van der Waals surface area contributed by atoms with Crippen molar-refractivity contribution in [1.82, 2.24) is 14.8 Å². The van der Waals surface area contributed by atoms with Gasteiger partial charge in [0.1, 0.15) is 11.6 Å². The molecule has 0 atom stereocenters. The Labute approximate surface area is 164 Å². The predicted molar refractivity (Wildman–Crippen MR) is 105 cm³/mol. The van der Waals surface area contributed by atoms with Gasteiger partial charge in [0.15, 0.2) is 5.82 Å². The van der Waals surface area contributed by atoms with Gasteiger partial charge in [-0.2, -0.15) is 0 Å². The molecule has 1 N–H and O–H groups in total. The zero-order valence-electron chi connectivity index (χ0n) is 14.6. The normalized spacial score (nSPS) is 13.7. The molecule has 138 valence electrons. The predicted octanol–water partition coefficient (Wildman–Crippen LogP) is 4.83. The van der Waals surface area contributed by atoms with Crippen LogP contribution in [0, 0.1) is 5.82 Å². The number of hydrogen-bond donors (Lipinski definition) is 1. The van der Waals surface area contributed by atoms with E-state index in [2.05, 4.69) is 31.4 Å². The lowest BCUT2D eigenvalue weighted by Crippen LogP contribution is -2.13. The molecule has 0 bridgehead atoms. The van der Waals surface area contributed by atoms with E-state index in [9.17, 15) is 9.18 Å². The van der Waals surface area contributed by atoms with Crippen LogP contribution >= 0.6 is 15.9 Å². The van der Waals surface area contributed by atoms with E-state index in [0.29, 0.717) is 27.1 Å². The highest BCUT2D eigenvalue weighted by molar-refractivity contribution is 9.10. The van der Waals surface area contributed by atoms with Gasteiger partial charge in [-0.15, -0.1) is 10.2 Å². The second kappa shape index (κ2) is 7.60. The number of nitrogens with zero attached hydrogens (tertiary/aromatic N) is 3. The van der Waals surface area contributed by atoms with Gasteiger partial charge in [-0.3, -0.25) is 4.79 Å². The van der Waals surface area contributed by atoms with E-state index in [0.717, 1.165) is 38.1 Å². The van der Waals surface area contributed by atoms with Crippen molar-refractivity contribution in [2.24, 2.45) is 0 Å². The number of benzene rings is 2. The molecule has 2 heterocycles. The Morgan fingerprint density at radius 1 is 1.11 bits per heavy atom. The number of aryl methyl sites for hydroxylation is 1. The Morgan fingerprint density at radius 2 is 1.96 bits per heavy atom. The van der Waals surface area contributed by atoms with Gasteiger partial charge in [0.2, 0.25) is 0 Å². The molecule has 1 aliphatic heterocycles. The van der Waals surface area contributed by atoms with Crippen LogP contribution in [0.15, 0.2) is 46.9 Å². The van der Waals surface area contributed by atoms with Crippen LogP contribution in [0.2, 0.25) is 0 Å². The number of carbonyl (C=O) groups excluding carboxylic acids is 1. The number of fused-ring (bicyclic) bond motifs is 1. The molecule has 27 heavy (non-hydrogen) atoms. The van der Waals surface area contributed by atoms with Crippen molar-refractivity contribution < 1.29 is 9.18 Å². The highest BCUT2D eigenvalue weighted by Gasteiger charge is 2.19. The first-order valence-electron chi connectivity index (χ1n) is 8.91. The first kappa shape index (κ1) is 17.9. The smallest absolute Gasteiger partial charge is 0.256 e. The van der Waals surface area contributed by atoms with Crippen molar-refractivity contribution in [3.8, 4) is 11.4 Å². The fraction of sp³-hybridized carbons (Fsp3) is 0.250. The summed E-state index contributed by atoms with van der Waals surface area (Å²) in [6.07, 6.45) is 4.08. The van der Waals surface area contributed by atoms with Crippen LogP contribution in [0.25, 0.3) is 11.4 Å². The third-order valence-electron chi connectivity index (χ3n) is 4.69. The maximum Gasteiger partial charge on any atom is 0.256 e. The van der Waals surface area contributed by atoms with Crippen LogP contribution in [0.5, 0.6) is 0 Å². The minimum Gasteiger partial charge on any atom is -0.322 e. The van der Waals surface area contributed by atoms with E-state index in [1.165, 1.54) is 6.07 Å². The molecular formula is C20H18BrFN4O. The molecule has 3 aromatic rings. The zero-order chi connectivity index (χ0) is 18.8. The second-order valence-electron chi connectivity index (χ2n) is 6.53. The van der Waals surface area contributed by atoms with Crippen molar-refractivity contribution in [3.63, 3.8) is 0 Å². The topological polar surface area (TPSA) is 59.8 Å². The molecule has 1 amide bonds. The van der Waals surface area contributed by atoms with Crippen molar-refractivity contribution >= 4 is 27.5 Å². The van der Waals surface area contributed by atoms with Gasteiger partial charge in [0.05, 0.1) is 11.1 Å². The van der Waals surface area contributed by atoms with Crippen LogP contribution in [0.4, 0.5) is 10.1 Å². The molecule has 2 aromatic carbocycles. The Bertz CT molecular complexity index is 1000. The third-order valence-corrected chi connectivity index (χ3v) is 5.38. The maximum absolute atomic E-state index is 14.5. The molecule has 1 aromatic heterocycles. The Hall–Kier alpha value is -2.54. The fourth-order valence-electron chi connectivity index (χ4n) is 3.30. The van der Waals surface area contributed by atoms with E-state index in [1.807, 2.05) is 10.6 Å². The second-order valence-corrected chi connectivity index (χ2v) is 7.39. The maximum atomic E-state index is 14.5. The quantitative estimate of drug-likeness (QED) is 0.649. The third kappa shape index (κ3) is 3.64. The average Bonchev–Trinajstić information content (AvgIpc) is 2.91. The summed E-state index contributed by atoms with van der Waals surface area (Å²) in [4.78, 5) is 12.5. The van der Waals surface area contributed by atoms with Gasteiger partial charge in [0.25, 0.3) is 5.91 Å². The Kier molecular flexibility index (Phi) is 5.03. The van der Waals surface area contributed by atoms with Gasteiger partial charge in [0, 0.05) is 23.1 Å². The van der Waals surface area contributed by atoms with Crippen LogP contribution < -0.4 is 5.32 Å². The van der Waals surface area contributed by atoms with Crippen molar-refractivity contribution in [3.05, 3.63) is 64.1 Å². The lowest BCUT2D eigenvalue weighted by atomic mass is 10.1. The first-order valence-corrected chi connectivity index (χ1v) is 9.70. The first-order chi connectivity index (χ1) is 13.1. The highest BCUT2D eigenvalue weighted by atomic mass is 79.9. The summed E-state index contributed by atoms with van der Waals surface area (Å²) in [6.45, 7) is 0.782. The molecule has 1 aliphatic rings. The highest BCUT2D eigenvalue weighted by Crippen LogP contribution is 2.28. The minimum absolute atomic E-state index is 0.264. The average molecular weight is 429 g/mol. The number of amides is 1.